The van der Waals surface area contributed by atoms with E-state index >= 15 is 0 Å². The van der Waals surface area contributed by atoms with Crippen LogP contribution in [0, 0.1) is 0 Å². The Morgan fingerprint density at radius 2 is 1.73 bits per heavy atom. The molecule has 2 amide bonds. The quantitative estimate of drug-likeness (QED) is 0.521. The molecule has 0 aliphatic rings. The van der Waals surface area contributed by atoms with Crippen molar-refractivity contribution >= 4 is 39.4 Å². The van der Waals surface area contributed by atoms with Gasteiger partial charge in [-0.1, -0.05) is 0 Å². The second-order valence-electron chi connectivity index (χ2n) is 9.60. The zero-order chi connectivity index (χ0) is 24.4. The van der Waals surface area contributed by atoms with Crippen LogP contribution in [0.15, 0.2) is 36.5 Å². The molecule has 3 aromatic rings. The monoisotopic (exact) mass is 470 g/mol. The first kappa shape index (κ1) is 24.4. The number of anilines is 1. The number of alkyl carbamates (subject to hydrolysis) is 1. The van der Waals surface area contributed by atoms with Crippen molar-refractivity contribution in [2.24, 2.45) is 0 Å². The van der Waals surface area contributed by atoms with Crippen LogP contribution in [0.2, 0.25) is 0 Å². The fourth-order valence-electron chi connectivity index (χ4n) is 2.81. The average Bonchev–Trinajstić information content (AvgIpc) is 3.13. The van der Waals surface area contributed by atoms with Gasteiger partial charge in [0.05, 0.1) is 22.5 Å². The van der Waals surface area contributed by atoms with Gasteiger partial charge in [-0.15, -0.1) is 11.3 Å². The molecule has 0 unspecified atom stereocenters. The van der Waals surface area contributed by atoms with Gasteiger partial charge in [-0.2, -0.15) is 0 Å². The largest absolute Gasteiger partial charge is 0.444 e. The number of rotatable bonds is 4. The highest BCUT2D eigenvalue weighted by Gasteiger charge is 2.21. The third-order valence-corrected chi connectivity index (χ3v) is 5.38. The lowest BCUT2D eigenvalue weighted by Gasteiger charge is -2.24. The van der Waals surface area contributed by atoms with Gasteiger partial charge in [-0.3, -0.25) is 9.88 Å². The van der Waals surface area contributed by atoms with Crippen molar-refractivity contribution in [1.82, 2.24) is 15.3 Å². The fourth-order valence-corrected chi connectivity index (χ4v) is 3.80. The van der Waals surface area contributed by atoms with Crippen molar-refractivity contribution in [3.8, 4) is 10.6 Å². The Balaban J connectivity index is 1.70. The highest BCUT2D eigenvalue weighted by molar-refractivity contribution is 7.21. The van der Waals surface area contributed by atoms with Crippen LogP contribution in [-0.4, -0.2) is 40.4 Å². The first-order valence-electron chi connectivity index (χ1n) is 10.6. The van der Waals surface area contributed by atoms with E-state index in [1.165, 1.54) is 16.2 Å². The van der Waals surface area contributed by atoms with Crippen molar-refractivity contribution in [2.75, 3.05) is 11.9 Å². The molecule has 2 heterocycles. The Kier molecular flexibility index (Phi) is 6.92. The highest BCUT2D eigenvalue weighted by Crippen LogP contribution is 2.32. The van der Waals surface area contributed by atoms with Gasteiger partial charge in [-0.25, -0.2) is 14.6 Å². The molecule has 0 aliphatic carbocycles. The summed E-state index contributed by atoms with van der Waals surface area (Å²) in [7, 11) is 1.69. The van der Waals surface area contributed by atoms with Gasteiger partial charge in [0.2, 0.25) is 0 Å². The molecular weight excluding hydrogens is 440 g/mol. The van der Waals surface area contributed by atoms with Gasteiger partial charge in [0.15, 0.2) is 0 Å². The van der Waals surface area contributed by atoms with Crippen LogP contribution < -0.4 is 10.2 Å². The van der Waals surface area contributed by atoms with Crippen LogP contribution in [0.25, 0.3) is 20.8 Å². The molecule has 1 N–H and O–H groups in total. The summed E-state index contributed by atoms with van der Waals surface area (Å²) in [6.07, 6.45) is 0.843. The lowest BCUT2D eigenvalue weighted by atomic mass is 10.2. The Bertz CT molecular complexity index is 1140. The molecule has 0 radical (unpaired) electrons. The number of fused-ring (bicyclic) bond motifs is 1. The third kappa shape index (κ3) is 6.89. The van der Waals surface area contributed by atoms with Crippen molar-refractivity contribution in [1.29, 1.82) is 0 Å². The van der Waals surface area contributed by atoms with E-state index < -0.39 is 23.4 Å². The number of hydrogen-bond donors (Lipinski definition) is 1. The topological polar surface area (TPSA) is 93.7 Å². The predicted octanol–water partition coefficient (Wildman–Crippen LogP) is 5.75. The molecule has 0 atom stereocenters. The second kappa shape index (κ2) is 9.35. The molecule has 176 valence electrons. The molecule has 3 rings (SSSR count). The van der Waals surface area contributed by atoms with E-state index in [2.05, 4.69) is 15.3 Å². The van der Waals surface area contributed by atoms with Crippen LogP contribution in [0.3, 0.4) is 0 Å². The summed E-state index contributed by atoms with van der Waals surface area (Å²) in [4.78, 5) is 34.8. The maximum atomic E-state index is 12.4. The number of hydrogen-bond acceptors (Lipinski definition) is 7. The van der Waals surface area contributed by atoms with E-state index in [0.29, 0.717) is 5.69 Å². The molecule has 0 spiro atoms. The van der Waals surface area contributed by atoms with Gasteiger partial charge < -0.3 is 14.8 Å². The molecule has 9 heteroatoms. The SMILES string of the molecule is CN(C(=O)OC(C)(C)C)c1ccc2nc(-c3ccc(CNC(=O)OC(C)(C)C)nc3)sc2c1. The first-order valence-corrected chi connectivity index (χ1v) is 11.4. The predicted molar refractivity (Wildman–Crippen MR) is 131 cm³/mol. The van der Waals surface area contributed by atoms with Gasteiger partial charge in [-0.05, 0) is 71.9 Å². The normalized spacial score (nSPS) is 11.8. The minimum Gasteiger partial charge on any atom is -0.444 e. The first-order chi connectivity index (χ1) is 15.3. The molecule has 0 saturated heterocycles. The number of benzene rings is 1. The number of ether oxygens (including phenoxy) is 2. The standard InChI is InChI=1S/C24H30N4O4S/c1-23(2,3)31-21(29)26-14-16-9-8-15(13-25-16)20-27-18-11-10-17(12-19(18)33-20)28(7)22(30)32-24(4,5)6/h8-13H,14H2,1-7H3,(H,26,29). The molecule has 0 saturated carbocycles. The molecule has 8 nitrogen and oxygen atoms in total. The zero-order valence-corrected chi connectivity index (χ0v) is 20.9. The number of carbonyl (C=O) groups excluding carboxylic acids is 2. The number of carbonyl (C=O) groups is 2. The summed E-state index contributed by atoms with van der Waals surface area (Å²) in [6.45, 7) is 11.2. The van der Waals surface area contributed by atoms with Crippen LogP contribution in [0.5, 0.6) is 0 Å². The van der Waals surface area contributed by atoms with Gasteiger partial charge >= 0.3 is 12.2 Å². The molecule has 33 heavy (non-hydrogen) atoms. The minimum atomic E-state index is -0.561. The number of nitrogens with zero attached hydrogens (tertiary/aromatic N) is 3. The number of pyridine rings is 1. The molecular formula is C24H30N4O4S. The van der Waals surface area contributed by atoms with Crippen LogP contribution in [0.1, 0.15) is 47.2 Å². The Labute approximate surface area is 197 Å². The van der Waals surface area contributed by atoms with Crippen LogP contribution >= 0.6 is 11.3 Å². The maximum Gasteiger partial charge on any atom is 0.414 e. The number of nitrogens with one attached hydrogen (secondary N) is 1. The molecule has 0 bridgehead atoms. The highest BCUT2D eigenvalue weighted by atomic mass is 32.1. The molecule has 2 aromatic heterocycles. The summed E-state index contributed by atoms with van der Waals surface area (Å²) in [5.41, 5.74) is 2.05. The lowest BCUT2D eigenvalue weighted by molar-refractivity contribution is 0.0521. The summed E-state index contributed by atoms with van der Waals surface area (Å²) in [6, 6.07) is 9.43. The molecule has 1 aromatic carbocycles. The van der Waals surface area contributed by atoms with E-state index in [0.717, 1.165) is 26.5 Å². The van der Waals surface area contributed by atoms with E-state index in [4.69, 9.17) is 9.47 Å². The van der Waals surface area contributed by atoms with E-state index in [-0.39, 0.29) is 6.54 Å². The zero-order valence-electron chi connectivity index (χ0n) is 20.1. The summed E-state index contributed by atoms with van der Waals surface area (Å²) in [5.74, 6) is 0. The van der Waals surface area contributed by atoms with Crippen molar-refractivity contribution in [3.63, 3.8) is 0 Å². The number of amides is 2. The second-order valence-corrected chi connectivity index (χ2v) is 10.6. The lowest BCUT2D eigenvalue weighted by Crippen LogP contribution is -2.34. The van der Waals surface area contributed by atoms with Crippen molar-refractivity contribution in [3.05, 3.63) is 42.2 Å². The Morgan fingerprint density at radius 1 is 1.03 bits per heavy atom. The minimum absolute atomic E-state index is 0.273. The summed E-state index contributed by atoms with van der Waals surface area (Å²) in [5, 5.41) is 3.52. The molecule has 0 aliphatic heterocycles. The van der Waals surface area contributed by atoms with Gasteiger partial charge in [0.1, 0.15) is 16.2 Å². The average molecular weight is 471 g/mol. The van der Waals surface area contributed by atoms with Gasteiger partial charge in [0.25, 0.3) is 0 Å². The Hall–Kier alpha value is -3.20. The maximum absolute atomic E-state index is 12.4. The van der Waals surface area contributed by atoms with Gasteiger partial charge in [0, 0.05) is 24.5 Å². The Morgan fingerprint density at radius 3 is 2.33 bits per heavy atom. The third-order valence-electron chi connectivity index (χ3n) is 4.31. The number of aromatic nitrogens is 2. The smallest absolute Gasteiger partial charge is 0.414 e. The van der Waals surface area contributed by atoms with Crippen LogP contribution in [-0.2, 0) is 16.0 Å². The van der Waals surface area contributed by atoms with E-state index in [1.54, 1.807) is 13.2 Å². The molecule has 0 fully saturated rings. The van der Waals surface area contributed by atoms with Crippen molar-refractivity contribution in [2.45, 2.75) is 59.3 Å². The number of thiazole rings is 1. The fraction of sp³-hybridized carbons (Fsp3) is 0.417. The van der Waals surface area contributed by atoms with E-state index in [9.17, 15) is 9.59 Å². The summed E-state index contributed by atoms with van der Waals surface area (Å²) >= 11 is 1.52. The van der Waals surface area contributed by atoms with Crippen LogP contribution in [0.4, 0.5) is 15.3 Å². The van der Waals surface area contributed by atoms with Crippen molar-refractivity contribution < 1.29 is 19.1 Å². The summed E-state index contributed by atoms with van der Waals surface area (Å²) < 4.78 is 11.6. The van der Waals surface area contributed by atoms with E-state index in [1.807, 2.05) is 71.9 Å².